The largest absolute Gasteiger partial charge is 0.490 e. The number of fused-ring (bicyclic) bond motifs is 1. The predicted octanol–water partition coefficient (Wildman–Crippen LogP) is 6.49. The first-order chi connectivity index (χ1) is 21.8. The number of halogens is 3. The first kappa shape index (κ1) is 35.5. The zero-order chi connectivity index (χ0) is 33.4. The third-order valence-electron chi connectivity index (χ3n) is 8.54. The van der Waals surface area contributed by atoms with Crippen molar-refractivity contribution in [2.45, 2.75) is 77.3 Å². The van der Waals surface area contributed by atoms with Gasteiger partial charge in [0.25, 0.3) is 5.91 Å². The van der Waals surface area contributed by atoms with Crippen LogP contribution in [0.1, 0.15) is 68.8 Å². The molecule has 1 saturated carbocycles. The molecule has 1 fully saturated rings. The van der Waals surface area contributed by atoms with Gasteiger partial charge in [0.1, 0.15) is 5.75 Å². The van der Waals surface area contributed by atoms with Crippen LogP contribution in [0, 0.1) is 11.8 Å². The van der Waals surface area contributed by atoms with E-state index in [0.717, 1.165) is 50.4 Å². The van der Waals surface area contributed by atoms with Crippen LogP contribution in [0.5, 0.6) is 5.75 Å². The summed E-state index contributed by atoms with van der Waals surface area (Å²) in [6, 6.07) is 7.69. The fourth-order valence-electron chi connectivity index (χ4n) is 5.62. The number of ether oxygens (including phenoxy) is 2. The molecule has 3 N–H and O–H groups in total. The number of urea groups is 1. The smallest absolute Gasteiger partial charge is 0.416 e. The van der Waals surface area contributed by atoms with Crippen molar-refractivity contribution in [1.29, 1.82) is 0 Å². The number of anilines is 2. The summed E-state index contributed by atoms with van der Waals surface area (Å²) < 4.78 is 51.4. The van der Waals surface area contributed by atoms with Crippen molar-refractivity contribution in [2.75, 3.05) is 50.5 Å². The molecule has 0 spiro atoms. The molecule has 3 amide bonds. The second-order valence-corrected chi connectivity index (χ2v) is 12.8. The number of nitrogens with zero attached hydrogens (tertiary/aromatic N) is 2. The molecule has 2 aromatic rings. The van der Waals surface area contributed by atoms with Crippen LogP contribution in [-0.2, 0) is 10.9 Å². The summed E-state index contributed by atoms with van der Waals surface area (Å²) in [6.07, 6.45) is 0.252. The van der Waals surface area contributed by atoms with E-state index >= 15 is 0 Å². The number of hydrogen-bond acceptors (Lipinski definition) is 6. The van der Waals surface area contributed by atoms with Gasteiger partial charge in [0.15, 0.2) is 0 Å². The second-order valence-electron chi connectivity index (χ2n) is 12.8. The first-order valence-electron chi connectivity index (χ1n) is 16.1. The molecule has 254 valence electrons. The van der Waals surface area contributed by atoms with Crippen LogP contribution < -0.4 is 15.4 Å². The van der Waals surface area contributed by atoms with Gasteiger partial charge in [0, 0.05) is 43.5 Å². The maximum atomic E-state index is 14.2. The summed E-state index contributed by atoms with van der Waals surface area (Å²) in [5, 5.41) is 15.3. The third-order valence-corrected chi connectivity index (χ3v) is 8.54. The van der Waals surface area contributed by atoms with E-state index in [1.54, 1.807) is 24.0 Å². The van der Waals surface area contributed by atoms with Crippen LogP contribution >= 0.6 is 0 Å². The number of rotatable bonds is 8. The Kier molecular flexibility index (Phi) is 12.3. The lowest BCUT2D eigenvalue weighted by atomic mass is 10.0. The maximum Gasteiger partial charge on any atom is 0.416 e. The number of likely N-dealkylation sites (N-methyl/N-ethyl adjacent to an activating group) is 1. The van der Waals surface area contributed by atoms with Crippen molar-refractivity contribution < 1.29 is 37.3 Å². The topological polar surface area (TPSA) is 103 Å². The van der Waals surface area contributed by atoms with Gasteiger partial charge in [0.05, 0.1) is 36.0 Å². The monoisotopic (exact) mass is 648 g/mol. The Labute approximate surface area is 269 Å². The minimum atomic E-state index is -4.48. The Hall–Kier alpha value is -3.35. The lowest BCUT2D eigenvalue weighted by Crippen LogP contribution is -2.47. The summed E-state index contributed by atoms with van der Waals surface area (Å²) in [7, 11) is 2.11. The zero-order valence-electron chi connectivity index (χ0n) is 27.1. The number of aliphatic hydroxyl groups is 1. The average Bonchev–Trinajstić information content (AvgIpc) is 3.82. The van der Waals surface area contributed by atoms with E-state index in [-0.39, 0.29) is 41.9 Å². The Balaban J connectivity index is 1.57. The van der Waals surface area contributed by atoms with Gasteiger partial charge in [-0.3, -0.25) is 4.79 Å². The fourth-order valence-corrected chi connectivity index (χ4v) is 5.62. The van der Waals surface area contributed by atoms with E-state index in [9.17, 15) is 27.9 Å². The molecule has 12 heteroatoms. The van der Waals surface area contributed by atoms with Gasteiger partial charge in [-0.05, 0) is 101 Å². The number of carbonyl (C=O) groups is 2. The van der Waals surface area contributed by atoms with E-state index < -0.39 is 23.8 Å². The van der Waals surface area contributed by atoms with Crippen LogP contribution in [0.15, 0.2) is 42.5 Å². The number of hydrogen-bond donors (Lipinski definition) is 3. The molecule has 1 heterocycles. The van der Waals surface area contributed by atoms with E-state index in [2.05, 4.69) is 29.5 Å². The highest BCUT2D eigenvalue weighted by atomic mass is 19.4. The lowest BCUT2D eigenvalue weighted by Gasteiger charge is -2.36. The van der Waals surface area contributed by atoms with Crippen LogP contribution in [-0.4, -0.2) is 85.0 Å². The van der Waals surface area contributed by atoms with Crippen LogP contribution in [0.2, 0.25) is 0 Å². The van der Waals surface area contributed by atoms with Crippen molar-refractivity contribution in [3.05, 3.63) is 53.6 Å². The molecular weight excluding hydrogens is 601 g/mol. The Morgan fingerprint density at radius 1 is 1.04 bits per heavy atom. The molecule has 4 rings (SSSR count). The van der Waals surface area contributed by atoms with Gasteiger partial charge in [0.2, 0.25) is 0 Å². The predicted molar refractivity (Wildman–Crippen MR) is 171 cm³/mol. The highest BCUT2D eigenvalue weighted by molar-refractivity contribution is 6.02. The molecule has 2 aliphatic rings. The number of benzene rings is 2. The summed E-state index contributed by atoms with van der Waals surface area (Å²) in [5.41, 5.74) is -0.126. The molecule has 1 aliphatic heterocycles. The van der Waals surface area contributed by atoms with Crippen molar-refractivity contribution in [3.63, 3.8) is 0 Å². The number of nitrogens with one attached hydrogen (secondary N) is 2. The average molecular weight is 649 g/mol. The molecule has 2 aromatic carbocycles. The Bertz CT molecular complexity index is 1300. The normalized spacial score (nSPS) is 22.4. The van der Waals surface area contributed by atoms with E-state index in [1.165, 1.54) is 31.0 Å². The standard InChI is InChI=1S/C34H47F3N4O5/c1-22-18-41(23(2)21-42)32(43)29-17-28(39-33(44)38-27-12-10-26(11-13-27)34(35,36)37)14-15-30(29)46-24(3)7-5-6-16-45-31(22)20-40(4)19-25-8-9-25/h10-15,17,22-25,31,42H,5-9,16,18-21H2,1-4H3,(H2,38,39,44)/t22-,23+,24-,31+/m1/s1. The van der Waals surface area contributed by atoms with E-state index in [4.69, 9.17) is 9.47 Å². The van der Waals surface area contributed by atoms with Crippen LogP contribution in [0.4, 0.5) is 29.3 Å². The highest BCUT2D eigenvalue weighted by Gasteiger charge is 2.32. The van der Waals surface area contributed by atoms with Crippen molar-refractivity contribution >= 4 is 23.3 Å². The van der Waals surface area contributed by atoms with Gasteiger partial charge in [-0.25, -0.2) is 4.79 Å². The molecule has 1 aliphatic carbocycles. The third kappa shape index (κ3) is 10.3. The van der Waals surface area contributed by atoms with Gasteiger partial charge >= 0.3 is 12.2 Å². The molecule has 46 heavy (non-hydrogen) atoms. The molecular formula is C34H47F3N4O5. The van der Waals surface area contributed by atoms with Gasteiger partial charge in [-0.2, -0.15) is 13.2 Å². The zero-order valence-corrected chi connectivity index (χ0v) is 27.1. The van der Waals surface area contributed by atoms with E-state index in [1.807, 2.05) is 6.92 Å². The van der Waals surface area contributed by atoms with E-state index in [0.29, 0.717) is 24.6 Å². The summed E-state index contributed by atoms with van der Waals surface area (Å²) >= 11 is 0. The second kappa shape index (κ2) is 16.0. The highest BCUT2D eigenvalue weighted by Crippen LogP contribution is 2.32. The molecule has 9 nitrogen and oxygen atoms in total. The van der Waals surface area contributed by atoms with Crippen molar-refractivity contribution in [3.8, 4) is 5.75 Å². The molecule has 0 unspecified atom stereocenters. The van der Waals surface area contributed by atoms with Gasteiger partial charge < -0.3 is 35.0 Å². The molecule has 4 atom stereocenters. The summed E-state index contributed by atoms with van der Waals surface area (Å²) in [4.78, 5) is 31.0. The fraction of sp³-hybridized carbons (Fsp3) is 0.588. The molecule has 0 aromatic heterocycles. The number of alkyl halides is 3. The lowest BCUT2D eigenvalue weighted by molar-refractivity contribution is -0.137. The van der Waals surface area contributed by atoms with Gasteiger partial charge in [-0.1, -0.05) is 6.92 Å². The maximum absolute atomic E-state index is 14.2. The molecule has 0 bridgehead atoms. The van der Waals surface area contributed by atoms with Gasteiger partial charge in [-0.15, -0.1) is 0 Å². The first-order valence-corrected chi connectivity index (χ1v) is 16.1. The molecule has 0 saturated heterocycles. The summed E-state index contributed by atoms with van der Waals surface area (Å²) in [6.45, 7) is 8.26. The van der Waals surface area contributed by atoms with Crippen LogP contribution in [0.3, 0.4) is 0 Å². The Morgan fingerprint density at radius 3 is 2.37 bits per heavy atom. The van der Waals surface area contributed by atoms with Crippen molar-refractivity contribution in [1.82, 2.24) is 9.80 Å². The quantitative estimate of drug-likeness (QED) is 0.303. The van der Waals surface area contributed by atoms with Crippen LogP contribution in [0.25, 0.3) is 0 Å². The van der Waals surface area contributed by atoms with Crippen molar-refractivity contribution in [2.24, 2.45) is 11.8 Å². The number of carbonyl (C=O) groups excluding carboxylic acids is 2. The Morgan fingerprint density at radius 2 is 1.72 bits per heavy atom. The molecule has 0 radical (unpaired) electrons. The minimum absolute atomic E-state index is 0.0401. The number of amides is 3. The number of aliphatic hydroxyl groups excluding tert-OH is 1. The minimum Gasteiger partial charge on any atom is -0.490 e. The summed E-state index contributed by atoms with van der Waals surface area (Å²) in [5.74, 6) is 0.707. The SMILES string of the molecule is C[C@@H]1CCCCO[C@@H](CN(C)CC2CC2)[C@H](C)CN([C@@H](C)CO)C(=O)c2cc(NC(=O)Nc3ccc(C(F)(F)F)cc3)ccc2O1.